The Morgan fingerprint density at radius 3 is 2.70 bits per heavy atom. The molecule has 0 fully saturated rings. The monoisotopic (exact) mass is 432 g/mol. The Labute approximate surface area is 167 Å². The van der Waals surface area contributed by atoms with Crippen LogP contribution in [0.2, 0.25) is 0 Å². The van der Waals surface area contributed by atoms with Crippen LogP contribution in [0.5, 0.6) is 0 Å². The third-order valence-electron chi connectivity index (χ3n) is 4.53. The van der Waals surface area contributed by atoms with Crippen LogP contribution in [0.15, 0.2) is 81.0 Å². The molecule has 0 aliphatic carbocycles. The highest BCUT2D eigenvalue weighted by molar-refractivity contribution is 9.10. The fourth-order valence-corrected chi connectivity index (χ4v) is 4.47. The van der Waals surface area contributed by atoms with E-state index in [9.17, 15) is 0 Å². The first-order valence-corrected chi connectivity index (χ1v) is 10.1. The number of aromatic nitrogens is 1. The van der Waals surface area contributed by atoms with Gasteiger partial charge in [-0.3, -0.25) is 5.41 Å². The molecule has 2 heterocycles. The van der Waals surface area contributed by atoms with E-state index in [1.165, 1.54) is 11.3 Å². The van der Waals surface area contributed by atoms with Crippen molar-refractivity contribution in [2.24, 2.45) is 0 Å². The van der Waals surface area contributed by atoms with Crippen LogP contribution in [-0.4, -0.2) is 4.98 Å². The number of rotatable bonds is 2. The van der Waals surface area contributed by atoms with Gasteiger partial charge in [-0.2, -0.15) is 0 Å². The van der Waals surface area contributed by atoms with E-state index < -0.39 is 0 Å². The largest absolute Gasteiger partial charge is 0.438 e. The molecule has 1 N–H and O–H groups in total. The van der Waals surface area contributed by atoms with Gasteiger partial charge in [0.2, 0.25) is 5.55 Å². The zero-order chi connectivity index (χ0) is 18.4. The maximum absolute atomic E-state index is 8.34. The van der Waals surface area contributed by atoms with Crippen molar-refractivity contribution in [2.75, 3.05) is 0 Å². The lowest BCUT2D eigenvalue weighted by atomic mass is 10.0. The molecule has 3 aromatic carbocycles. The van der Waals surface area contributed by atoms with E-state index in [1.807, 2.05) is 60.0 Å². The average molecular weight is 433 g/mol. The molecular formula is C22H13BrN2OS. The van der Waals surface area contributed by atoms with Gasteiger partial charge in [0.25, 0.3) is 0 Å². The van der Waals surface area contributed by atoms with E-state index in [4.69, 9.17) is 14.8 Å². The SMILES string of the molecule is N=c1oc2ccc3ccccc3c2cc1-c1nc(-c2cccc(Br)c2)cs1. The van der Waals surface area contributed by atoms with Crippen LogP contribution in [-0.2, 0) is 0 Å². The van der Waals surface area contributed by atoms with E-state index in [0.717, 1.165) is 36.9 Å². The molecule has 2 aromatic heterocycles. The molecule has 0 radical (unpaired) electrons. The van der Waals surface area contributed by atoms with Crippen LogP contribution >= 0.6 is 27.3 Å². The lowest BCUT2D eigenvalue weighted by Crippen LogP contribution is -2.03. The molecule has 0 atom stereocenters. The minimum absolute atomic E-state index is 0.132. The molecule has 0 amide bonds. The molecule has 0 spiro atoms. The molecule has 27 heavy (non-hydrogen) atoms. The minimum Gasteiger partial charge on any atom is -0.438 e. The number of fused-ring (bicyclic) bond motifs is 3. The van der Waals surface area contributed by atoms with Crippen molar-refractivity contribution in [3.05, 3.63) is 82.1 Å². The molecule has 3 nitrogen and oxygen atoms in total. The van der Waals surface area contributed by atoms with E-state index >= 15 is 0 Å². The first-order valence-electron chi connectivity index (χ1n) is 8.41. The van der Waals surface area contributed by atoms with Crippen molar-refractivity contribution < 1.29 is 4.42 Å². The van der Waals surface area contributed by atoms with Crippen LogP contribution in [0.4, 0.5) is 0 Å². The maximum atomic E-state index is 8.34. The summed E-state index contributed by atoms with van der Waals surface area (Å²) in [5.41, 5.74) is 3.50. The van der Waals surface area contributed by atoms with E-state index in [2.05, 4.69) is 28.1 Å². The lowest BCUT2D eigenvalue weighted by molar-refractivity contribution is 0.536. The Bertz CT molecular complexity index is 1370. The standard InChI is InChI=1S/C22H13BrN2OS/c23-15-6-3-5-14(10-15)19-12-27-22(25-19)18-11-17-16-7-2-1-4-13(16)8-9-20(17)26-21(18)24/h1-12,24H. The molecular weight excluding hydrogens is 420 g/mol. The quantitative estimate of drug-likeness (QED) is 0.318. The topological polar surface area (TPSA) is 49.9 Å². The Balaban J connectivity index is 1.70. The molecule has 0 unspecified atom stereocenters. The van der Waals surface area contributed by atoms with Crippen LogP contribution < -0.4 is 5.55 Å². The maximum Gasteiger partial charge on any atom is 0.222 e. The van der Waals surface area contributed by atoms with Gasteiger partial charge in [0.15, 0.2) is 0 Å². The molecule has 0 aliphatic rings. The third-order valence-corrected chi connectivity index (χ3v) is 5.90. The molecule has 0 bridgehead atoms. The van der Waals surface area contributed by atoms with Crippen molar-refractivity contribution in [1.82, 2.24) is 4.98 Å². The number of hydrogen-bond donors (Lipinski definition) is 1. The summed E-state index contributed by atoms with van der Waals surface area (Å²) < 4.78 is 6.83. The van der Waals surface area contributed by atoms with Crippen molar-refractivity contribution in [3.8, 4) is 21.8 Å². The number of thiazole rings is 1. The second-order valence-electron chi connectivity index (χ2n) is 6.24. The van der Waals surface area contributed by atoms with E-state index in [0.29, 0.717) is 11.1 Å². The number of halogens is 1. The minimum atomic E-state index is 0.132. The highest BCUT2D eigenvalue weighted by Gasteiger charge is 2.12. The predicted molar refractivity (Wildman–Crippen MR) is 114 cm³/mol. The summed E-state index contributed by atoms with van der Waals surface area (Å²) in [4.78, 5) is 4.76. The summed E-state index contributed by atoms with van der Waals surface area (Å²) in [6.45, 7) is 0. The molecule has 5 heteroatoms. The van der Waals surface area contributed by atoms with Crippen molar-refractivity contribution in [1.29, 1.82) is 5.41 Å². The molecule has 5 rings (SSSR count). The Morgan fingerprint density at radius 2 is 1.81 bits per heavy atom. The molecule has 5 aromatic rings. The van der Waals surface area contributed by atoms with Gasteiger partial charge in [0.1, 0.15) is 10.6 Å². The van der Waals surface area contributed by atoms with Gasteiger partial charge < -0.3 is 4.42 Å². The van der Waals surface area contributed by atoms with Crippen LogP contribution in [0.25, 0.3) is 43.6 Å². The molecule has 0 aliphatic heterocycles. The predicted octanol–water partition coefficient (Wildman–Crippen LogP) is 6.62. The first kappa shape index (κ1) is 16.4. The fraction of sp³-hybridized carbons (Fsp3) is 0. The number of nitrogens with zero attached hydrogens (tertiary/aromatic N) is 1. The van der Waals surface area contributed by atoms with Crippen molar-refractivity contribution in [2.45, 2.75) is 0 Å². The Hall–Kier alpha value is -2.76. The van der Waals surface area contributed by atoms with E-state index in [-0.39, 0.29) is 5.55 Å². The number of benzene rings is 3. The van der Waals surface area contributed by atoms with Gasteiger partial charge in [-0.15, -0.1) is 11.3 Å². The zero-order valence-electron chi connectivity index (χ0n) is 14.1. The van der Waals surface area contributed by atoms with Crippen molar-refractivity contribution in [3.63, 3.8) is 0 Å². The highest BCUT2D eigenvalue weighted by Crippen LogP contribution is 2.32. The highest BCUT2D eigenvalue weighted by atomic mass is 79.9. The average Bonchev–Trinajstić information content (AvgIpc) is 3.17. The Morgan fingerprint density at radius 1 is 0.926 bits per heavy atom. The van der Waals surface area contributed by atoms with Gasteiger partial charge in [0, 0.05) is 20.8 Å². The summed E-state index contributed by atoms with van der Waals surface area (Å²) >= 11 is 5.03. The van der Waals surface area contributed by atoms with Gasteiger partial charge in [-0.05, 0) is 35.0 Å². The van der Waals surface area contributed by atoms with Crippen LogP contribution in [0.3, 0.4) is 0 Å². The second-order valence-corrected chi connectivity index (χ2v) is 8.01. The van der Waals surface area contributed by atoms with Gasteiger partial charge in [-0.25, -0.2) is 4.98 Å². The molecule has 130 valence electrons. The second kappa shape index (κ2) is 6.44. The van der Waals surface area contributed by atoms with Crippen molar-refractivity contribution >= 4 is 49.0 Å². The summed E-state index contributed by atoms with van der Waals surface area (Å²) in [6, 6.07) is 22.2. The van der Waals surface area contributed by atoms with E-state index in [1.54, 1.807) is 0 Å². The summed E-state index contributed by atoms with van der Waals surface area (Å²) in [7, 11) is 0. The molecule has 0 saturated heterocycles. The third kappa shape index (κ3) is 2.89. The lowest BCUT2D eigenvalue weighted by Gasteiger charge is -2.05. The fourth-order valence-electron chi connectivity index (χ4n) is 3.22. The summed E-state index contributed by atoms with van der Waals surface area (Å²) in [5, 5.41) is 14.4. The normalized spacial score (nSPS) is 11.3. The van der Waals surface area contributed by atoms with Crippen LogP contribution in [0, 0.1) is 5.41 Å². The van der Waals surface area contributed by atoms with Gasteiger partial charge in [-0.1, -0.05) is 58.4 Å². The number of hydrogen-bond acceptors (Lipinski definition) is 4. The smallest absolute Gasteiger partial charge is 0.222 e. The Kier molecular flexibility index (Phi) is 3.92. The summed E-state index contributed by atoms with van der Waals surface area (Å²) in [6.07, 6.45) is 0. The number of nitrogens with one attached hydrogen (secondary N) is 1. The van der Waals surface area contributed by atoms with Gasteiger partial charge in [0.05, 0.1) is 11.3 Å². The molecule has 0 saturated carbocycles. The van der Waals surface area contributed by atoms with Crippen LogP contribution in [0.1, 0.15) is 0 Å². The van der Waals surface area contributed by atoms with Gasteiger partial charge >= 0.3 is 0 Å². The summed E-state index contributed by atoms with van der Waals surface area (Å²) in [5.74, 6) is 0. The zero-order valence-corrected chi connectivity index (χ0v) is 16.5. The first-order chi connectivity index (χ1) is 13.2.